The van der Waals surface area contributed by atoms with Crippen LogP contribution in [0, 0.1) is 5.82 Å². The molecule has 0 aliphatic carbocycles. The largest absolute Gasteiger partial charge is 0.354 e. The van der Waals surface area contributed by atoms with E-state index in [1.165, 1.54) is 17.0 Å². The zero-order valence-corrected chi connectivity index (χ0v) is 18.1. The number of hydrogen-bond donors (Lipinski definition) is 1. The predicted octanol–water partition coefficient (Wildman–Crippen LogP) is 5.01. The summed E-state index contributed by atoms with van der Waals surface area (Å²) in [6.45, 7) is 4.36. The number of benzene rings is 2. The number of hydrogen-bond acceptors (Lipinski definition) is 2. The molecule has 2 aromatic rings. The fourth-order valence-corrected chi connectivity index (χ4v) is 3.37. The maximum absolute atomic E-state index is 13.2. The van der Waals surface area contributed by atoms with Crippen molar-refractivity contribution in [2.75, 3.05) is 6.54 Å². The van der Waals surface area contributed by atoms with E-state index in [0.717, 1.165) is 12.8 Å². The Hall–Kier alpha value is -2.11. The number of nitrogens with one attached hydrogen (secondary N) is 1. The molecule has 2 aromatic carbocycles. The third-order valence-electron chi connectivity index (χ3n) is 4.66. The van der Waals surface area contributed by atoms with Crippen molar-refractivity contribution in [3.05, 3.63) is 69.5 Å². The Morgan fingerprint density at radius 1 is 1.10 bits per heavy atom. The number of amides is 2. The molecule has 4 nitrogen and oxygen atoms in total. The Balaban J connectivity index is 2.24. The maximum Gasteiger partial charge on any atom is 0.242 e. The van der Waals surface area contributed by atoms with Gasteiger partial charge < -0.3 is 10.2 Å². The molecule has 0 unspecified atom stereocenters. The minimum atomic E-state index is -0.716. The van der Waals surface area contributed by atoms with E-state index in [4.69, 9.17) is 23.2 Å². The quantitative estimate of drug-likeness (QED) is 0.559. The number of halogens is 3. The van der Waals surface area contributed by atoms with Gasteiger partial charge in [0.15, 0.2) is 0 Å². The van der Waals surface area contributed by atoms with Crippen LogP contribution >= 0.6 is 23.2 Å². The van der Waals surface area contributed by atoms with Gasteiger partial charge in [0.05, 0.1) is 6.42 Å². The van der Waals surface area contributed by atoms with E-state index in [2.05, 4.69) is 5.32 Å². The predicted molar refractivity (Wildman–Crippen MR) is 114 cm³/mol. The molecule has 0 heterocycles. The van der Waals surface area contributed by atoms with E-state index < -0.39 is 6.04 Å². The van der Waals surface area contributed by atoms with Crippen LogP contribution in [-0.2, 0) is 22.6 Å². The van der Waals surface area contributed by atoms with Gasteiger partial charge in [-0.3, -0.25) is 9.59 Å². The van der Waals surface area contributed by atoms with Crippen molar-refractivity contribution in [1.29, 1.82) is 0 Å². The Morgan fingerprint density at radius 3 is 2.31 bits per heavy atom. The van der Waals surface area contributed by atoms with Crippen LogP contribution in [-0.4, -0.2) is 29.3 Å². The summed E-state index contributed by atoms with van der Waals surface area (Å²) in [6.07, 6.45) is 1.85. The molecular formula is C22H25Cl2FN2O2. The highest BCUT2D eigenvalue weighted by Crippen LogP contribution is 2.27. The molecular weight excluding hydrogens is 414 g/mol. The van der Waals surface area contributed by atoms with Gasteiger partial charge in [0, 0.05) is 28.7 Å². The lowest BCUT2D eigenvalue weighted by molar-refractivity contribution is -0.140. The molecule has 0 aliphatic rings. The second-order valence-corrected chi connectivity index (χ2v) is 7.66. The minimum absolute atomic E-state index is 0.0366. The second-order valence-electron chi connectivity index (χ2n) is 6.85. The van der Waals surface area contributed by atoms with Crippen LogP contribution < -0.4 is 5.32 Å². The van der Waals surface area contributed by atoms with Crippen molar-refractivity contribution >= 4 is 35.0 Å². The highest BCUT2D eigenvalue weighted by atomic mass is 35.5. The lowest BCUT2D eigenvalue weighted by Crippen LogP contribution is -2.48. The zero-order valence-electron chi connectivity index (χ0n) is 16.6. The number of carbonyl (C=O) groups excluding carboxylic acids is 2. The first-order valence-corrected chi connectivity index (χ1v) is 10.3. The van der Waals surface area contributed by atoms with E-state index in [9.17, 15) is 14.0 Å². The van der Waals surface area contributed by atoms with Gasteiger partial charge in [-0.1, -0.05) is 54.7 Å². The minimum Gasteiger partial charge on any atom is -0.354 e. The highest BCUT2D eigenvalue weighted by Gasteiger charge is 2.27. The molecule has 0 fully saturated rings. The van der Waals surface area contributed by atoms with Gasteiger partial charge in [-0.15, -0.1) is 0 Å². The Bertz CT molecular complexity index is 823. The summed E-state index contributed by atoms with van der Waals surface area (Å²) < 4.78 is 13.2. The van der Waals surface area contributed by atoms with Crippen LogP contribution in [0.15, 0.2) is 42.5 Å². The molecule has 0 saturated heterocycles. The third kappa shape index (κ3) is 6.72. The van der Waals surface area contributed by atoms with Crippen molar-refractivity contribution in [2.45, 2.75) is 45.7 Å². The number of nitrogens with zero attached hydrogens (tertiary/aromatic N) is 1. The molecule has 0 saturated carbocycles. The van der Waals surface area contributed by atoms with E-state index in [1.54, 1.807) is 37.3 Å². The third-order valence-corrected chi connectivity index (χ3v) is 5.36. The average molecular weight is 439 g/mol. The first kappa shape index (κ1) is 23.2. The van der Waals surface area contributed by atoms with E-state index in [-0.39, 0.29) is 30.6 Å². The van der Waals surface area contributed by atoms with Crippen molar-refractivity contribution in [3.63, 3.8) is 0 Å². The fraction of sp³-hybridized carbons (Fsp3) is 0.364. The summed E-state index contributed by atoms with van der Waals surface area (Å²) >= 11 is 12.6. The lowest BCUT2D eigenvalue weighted by Gasteiger charge is -2.29. The summed E-state index contributed by atoms with van der Waals surface area (Å²) in [4.78, 5) is 27.1. The fourth-order valence-electron chi connectivity index (χ4n) is 2.85. The van der Waals surface area contributed by atoms with Gasteiger partial charge in [-0.2, -0.15) is 0 Å². The summed E-state index contributed by atoms with van der Waals surface area (Å²) in [5.41, 5.74) is 1.24. The second kappa shape index (κ2) is 11.2. The Morgan fingerprint density at radius 2 is 1.72 bits per heavy atom. The van der Waals surface area contributed by atoms with Crippen LogP contribution in [0.2, 0.25) is 10.0 Å². The lowest BCUT2D eigenvalue weighted by atomic mass is 10.1. The summed E-state index contributed by atoms with van der Waals surface area (Å²) in [5, 5.41) is 3.71. The molecule has 1 N–H and O–H groups in total. The first-order chi connectivity index (χ1) is 13.8. The molecule has 2 amide bonds. The van der Waals surface area contributed by atoms with E-state index >= 15 is 0 Å². The summed E-state index contributed by atoms with van der Waals surface area (Å²) in [6, 6.07) is 10.1. The van der Waals surface area contributed by atoms with Gasteiger partial charge >= 0.3 is 0 Å². The molecule has 1 atom stereocenters. The Labute approximate surface area is 181 Å². The van der Waals surface area contributed by atoms with Gasteiger partial charge in [-0.05, 0) is 43.2 Å². The molecule has 0 radical (unpaired) electrons. The SMILES string of the molecule is CCCCNC(=O)[C@H](C)N(Cc1c(Cl)cccc1Cl)C(=O)Cc1ccc(F)cc1. The number of carbonyl (C=O) groups is 2. The van der Waals surface area contributed by atoms with E-state index in [1.807, 2.05) is 6.92 Å². The van der Waals surface area contributed by atoms with Crippen molar-refractivity contribution in [1.82, 2.24) is 10.2 Å². The molecule has 0 bridgehead atoms. The topological polar surface area (TPSA) is 49.4 Å². The monoisotopic (exact) mass is 438 g/mol. The number of unbranched alkanes of at least 4 members (excludes halogenated alkanes) is 1. The van der Waals surface area contributed by atoms with Crippen LogP contribution in [0.1, 0.15) is 37.8 Å². The molecule has 7 heteroatoms. The van der Waals surface area contributed by atoms with Gasteiger partial charge in [0.1, 0.15) is 11.9 Å². The molecule has 0 aromatic heterocycles. The van der Waals surface area contributed by atoms with Crippen molar-refractivity contribution in [2.24, 2.45) is 0 Å². The van der Waals surface area contributed by atoms with E-state index in [0.29, 0.717) is 27.7 Å². The molecule has 0 aliphatic heterocycles. The van der Waals surface area contributed by atoms with Crippen LogP contribution in [0.3, 0.4) is 0 Å². The van der Waals surface area contributed by atoms with Crippen LogP contribution in [0.5, 0.6) is 0 Å². The average Bonchev–Trinajstić information content (AvgIpc) is 2.69. The smallest absolute Gasteiger partial charge is 0.242 e. The van der Waals surface area contributed by atoms with Gasteiger partial charge in [-0.25, -0.2) is 4.39 Å². The standard InChI is InChI=1S/C22H25Cl2FN2O2/c1-3-4-12-26-22(29)15(2)27(14-18-19(23)6-5-7-20(18)24)21(28)13-16-8-10-17(25)11-9-16/h5-11,15H,3-4,12-14H2,1-2H3,(H,26,29)/t15-/m0/s1. The maximum atomic E-state index is 13.2. The summed E-state index contributed by atoms with van der Waals surface area (Å²) in [5.74, 6) is -0.885. The normalized spacial score (nSPS) is 11.8. The van der Waals surface area contributed by atoms with Gasteiger partial charge in [0.25, 0.3) is 0 Å². The van der Waals surface area contributed by atoms with Crippen LogP contribution in [0.25, 0.3) is 0 Å². The zero-order chi connectivity index (χ0) is 21.4. The molecule has 156 valence electrons. The van der Waals surface area contributed by atoms with Crippen molar-refractivity contribution < 1.29 is 14.0 Å². The molecule has 29 heavy (non-hydrogen) atoms. The molecule has 0 spiro atoms. The Kier molecular flexibility index (Phi) is 8.93. The summed E-state index contributed by atoms with van der Waals surface area (Å²) in [7, 11) is 0. The first-order valence-electron chi connectivity index (χ1n) is 9.58. The van der Waals surface area contributed by atoms with Gasteiger partial charge in [0.2, 0.25) is 11.8 Å². The number of rotatable bonds is 9. The molecule has 2 rings (SSSR count). The van der Waals surface area contributed by atoms with Crippen LogP contribution in [0.4, 0.5) is 4.39 Å². The van der Waals surface area contributed by atoms with Crippen molar-refractivity contribution in [3.8, 4) is 0 Å². The highest BCUT2D eigenvalue weighted by molar-refractivity contribution is 6.36.